The topological polar surface area (TPSA) is 151 Å². The van der Waals surface area contributed by atoms with Gasteiger partial charge < -0.3 is 21.1 Å². The van der Waals surface area contributed by atoms with Gasteiger partial charge in [-0.3, -0.25) is 14.2 Å². The molecule has 0 bridgehead atoms. The predicted octanol–water partition coefficient (Wildman–Crippen LogP) is 2.90. The number of anilines is 4. The molecule has 0 saturated carbocycles. The number of para-hydroxylation sites is 1. The van der Waals surface area contributed by atoms with Crippen molar-refractivity contribution in [2.24, 2.45) is 19.8 Å². The van der Waals surface area contributed by atoms with Crippen LogP contribution in [0.2, 0.25) is 0 Å². The van der Waals surface area contributed by atoms with E-state index in [1.807, 2.05) is 25.2 Å². The Morgan fingerprint density at radius 3 is 2.49 bits per heavy atom. The average molecular weight is 477 g/mol. The number of aryl methyl sites for hydroxylation is 2. The van der Waals surface area contributed by atoms with E-state index in [9.17, 15) is 4.79 Å². The number of carbonyl (C=O) groups is 1. The Balaban J connectivity index is 1.71. The Morgan fingerprint density at radius 2 is 1.89 bits per heavy atom. The first-order valence-electron chi connectivity index (χ1n) is 10.8. The van der Waals surface area contributed by atoms with Crippen LogP contribution in [0.15, 0.2) is 36.8 Å². The summed E-state index contributed by atoms with van der Waals surface area (Å²) in [5, 5.41) is 15.2. The molecule has 0 aliphatic heterocycles. The number of primary amides is 1. The van der Waals surface area contributed by atoms with Crippen molar-refractivity contribution in [3.63, 3.8) is 0 Å². The van der Waals surface area contributed by atoms with E-state index in [4.69, 9.17) is 10.5 Å². The molecule has 1 aromatic carbocycles. The third kappa shape index (κ3) is 4.90. The monoisotopic (exact) mass is 476 g/mol. The zero-order valence-corrected chi connectivity index (χ0v) is 20.5. The Labute approximate surface area is 202 Å². The van der Waals surface area contributed by atoms with Crippen molar-refractivity contribution >= 4 is 29.2 Å². The number of hydrogen-bond donors (Lipinski definition) is 3. The number of aromatic nitrogens is 7. The molecule has 12 heteroatoms. The maximum absolute atomic E-state index is 12.1. The molecule has 35 heavy (non-hydrogen) atoms. The number of nitrogens with two attached hydrogens (primary N) is 1. The summed E-state index contributed by atoms with van der Waals surface area (Å²) in [7, 11) is 5.16. The van der Waals surface area contributed by atoms with E-state index < -0.39 is 5.91 Å². The molecule has 12 nitrogen and oxygen atoms in total. The van der Waals surface area contributed by atoms with Gasteiger partial charge in [-0.2, -0.15) is 15.2 Å². The number of ether oxygens (including phenoxy) is 1. The minimum Gasteiger partial charge on any atom is -0.494 e. The molecule has 1 amide bonds. The van der Waals surface area contributed by atoms with Crippen LogP contribution in [0.3, 0.4) is 0 Å². The zero-order chi connectivity index (χ0) is 25.3. The Hall–Kier alpha value is -4.48. The van der Waals surface area contributed by atoms with Crippen molar-refractivity contribution in [2.45, 2.75) is 26.2 Å². The van der Waals surface area contributed by atoms with Gasteiger partial charge >= 0.3 is 0 Å². The van der Waals surface area contributed by atoms with Crippen molar-refractivity contribution in [2.75, 3.05) is 17.7 Å². The fourth-order valence-electron chi connectivity index (χ4n) is 3.40. The fourth-order valence-corrected chi connectivity index (χ4v) is 3.40. The van der Waals surface area contributed by atoms with Gasteiger partial charge in [-0.15, -0.1) is 0 Å². The van der Waals surface area contributed by atoms with E-state index in [0.717, 1.165) is 5.69 Å². The third-order valence-corrected chi connectivity index (χ3v) is 5.26. The molecule has 0 aliphatic rings. The molecule has 0 spiro atoms. The van der Waals surface area contributed by atoms with Crippen LogP contribution in [0.1, 0.15) is 36.8 Å². The van der Waals surface area contributed by atoms with E-state index in [-0.39, 0.29) is 22.7 Å². The second kappa shape index (κ2) is 9.05. The molecular formula is C23H28N10O2. The standard InChI is InChI=1S/C23H28N10O2/c1-23(2,3)16-10-17(33(5)30-16)28-22-25-11-14(19(24)34)21(29-22)27-15-9-7-8-13(18(15)35-6)20-26-12-32(4)31-20/h7-12H,1-6H3,(H2,24,34)(H2,25,27,28,29). The van der Waals surface area contributed by atoms with Crippen LogP contribution >= 0.6 is 0 Å². The molecule has 4 N–H and O–H groups in total. The van der Waals surface area contributed by atoms with Crippen molar-refractivity contribution in [1.82, 2.24) is 34.5 Å². The summed E-state index contributed by atoms with van der Waals surface area (Å²) in [6, 6.07) is 7.40. The molecule has 0 saturated heterocycles. The molecule has 0 aliphatic carbocycles. The van der Waals surface area contributed by atoms with Gasteiger partial charge in [0, 0.05) is 31.8 Å². The minimum absolute atomic E-state index is 0.120. The Bertz CT molecular complexity index is 1380. The minimum atomic E-state index is -0.670. The number of carbonyl (C=O) groups excluding carboxylic acids is 1. The van der Waals surface area contributed by atoms with Crippen LogP contribution in [0, 0.1) is 0 Å². The number of nitrogens with one attached hydrogen (secondary N) is 2. The van der Waals surface area contributed by atoms with E-state index in [1.54, 1.807) is 35.9 Å². The van der Waals surface area contributed by atoms with E-state index in [1.165, 1.54) is 6.20 Å². The summed E-state index contributed by atoms with van der Waals surface area (Å²) in [5.41, 5.74) is 7.75. The molecule has 4 rings (SSSR count). The van der Waals surface area contributed by atoms with E-state index >= 15 is 0 Å². The molecule has 182 valence electrons. The lowest BCUT2D eigenvalue weighted by molar-refractivity contribution is 0.100. The second-order valence-corrected chi connectivity index (χ2v) is 8.99. The van der Waals surface area contributed by atoms with Crippen molar-refractivity contribution in [1.29, 1.82) is 0 Å². The number of rotatable bonds is 7. The van der Waals surface area contributed by atoms with Gasteiger partial charge in [0.05, 0.1) is 24.1 Å². The highest BCUT2D eigenvalue weighted by Crippen LogP contribution is 2.36. The maximum atomic E-state index is 12.1. The van der Waals surface area contributed by atoms with Crippen LogP contribution in [0.4, 0.5) is 23.3 Å². The molecule has 4 aromatic rings. The number of hydrogen-bond acceptors (Lipinski definition) is 9. The summed E-state index contributed by atoms with van der Waals surface area (Å²) >= 11 is 0. The quantitative estimate of drug-likeness (QED) is 0.366. The first-order chi connectivity index (χ1) is 16.6. The second-order valence-electron chi connectivity index (χ2n) is 8.99. The summed E-state index contributed by atoms with van der Waals surface area (Å²) in [5.74, 6) is 1.51. The number of benzene rings is 1. The summed E-state index contributed by atoms with van der Waals surface area (Å²) in [6.07, 6.45) is 2.98. The Kier molecular flexibility index (Phi) is 6.12. The molecular weight excluding hydrogens is 448 g/mol. The highest BCUT2D eigenvalue weighted by Gasteiger charge is 2.21. The molecule has 3 heterocycles. The van der Waals surface area contributed by atoms with Crippen molar-refractivity contribution in [3.8, 4) is 17.1 Å². The van der Waals surface area contributed by atoms with Gasteiger partial charge in [-0.1, -0.05) is 26.8 Å². The highest BCUT2D eigenvalue weighted by molar-refractivity contribution is 5.98. The lowest BCUT2D eigenvalue weighted by Gasteiger charge is -2.15. The number of nitrogens with zero attached hydrogens (tertiary/aromatic N) is 7. The van der Waals surface area contributed by atoms with Crippen molar-refractivity contribution in [3.05, 3.63) is 48.0 Å². The van der Waals surface area contributed by atoms with Crippen LogP contribution < -0.4 is 21.1 Å². The number of amides is 1. The molecule has 0 atom stereocenters. The largest absolute Gasteiger partial charge is 0.494 e. The zero-order valence-electron chi connectivity index (χ0n) is 20.5. The van der Waals surface area contributed by atoms with Gasteiger partial charge in [-0.25, -0.2) is 9.97 Å². The SMILES string of the molecule is COc1c(Nc2nc(Nc3cc(C(C)(C)C)nn3C)ncc2C(N)=O)cccc1-c1ncn(C)n1. The van der Waals surface area contributed by atoms with Crippen LogP contribution in [-0.4, -0.2) is 47.5 Å². The molecule has 3 aromatic heterocycles. The normalized spacial score (nSPS) is 11.4. The first-order valence-corrected chi connectivity index (χ1v) is 10.8. The first kappa shape index (κ1) is 23.7. The Morgan fingerprint density at radius 1 is 1.11 bits per heavy atom. The maximum Gasteiger partial charge on any atom is 0.254 e. The number of methoxy groups -OCH3 is 1. The fraction of sp³-hybridized carbons (Fsp3) is 0.304. The summed E-state index contributed by atoms with van der Waals surface area (Å²) in [4.78, 5) is 25.2. The van der Waals surface area contributed by atoms with Gasteiger partial charge in [0.2, 0.25) is 5.95 Å². The third-order valence-electron chi connectivity index (χ3n) is 5.26. The van der Waals surface area contributed by atoms with E-state index in [2.05, 4.69) is 56.6 Å². The van der Waals surface area contributed by atoms with Crippen molar-refractivity contribution < 1.29 is 9.53 Å². The van der Waals surface area contributed by atoms with Crippen LogP contribution in [-0.2, 0) is 19.5 Å². The summed E-state index contributed by atoms with van der Waals surface area (Å²) < 4.78 is 8.97. The van der Waals surface area contributed by atoms with Gasteiger partial charge in [0.1, 0.15) is 23.5 Å². The highest BCUT2D eigenvalue weighted by atomic mass is 16.5. The molecule has 0 unspecified atom stereocenters. The smallest absolute Gasteiger partial charge is 0.254 e. The van der Waals surface area contributed by atoms with Crippen LogP contribution in [0.25, 0.3) is 11.4 Å². The average Bonchev–Trinajstić information content (AvgIpc) is 3.39. The van der Waals surface area contributed by atoms with Gasteiger partial charge in [0.25, 0.3) is 5.91 Å². The lowest BCUT2D eigenvalue weighted by atomic mass is 9.92. The molecule has 0 fully saturated rings. The predicted molar refractivity (Wildman–Crippen MR) is 132 cm³/mol. The summed E-state index contributed by atoms with van der Waals surface area (Å²) in [6.45, 7) is 6.25. The lowest BCUT2D eigenvalue weighted by Crippen LogP contribution is -2.16. The molecule has 0 radical (unpaired) electrons. The van der Waals surface area contributed by atoms with Crippen LogP contribution in [0.5, 0.6) is 5.75 Å². The van der Waals surface area contributed by atoms with E-state index in [0.29, 0.717) is 28.6 Å². The van der Waals surface area contributed by atoms with Gasteiger partial charge in [-0.05, 0) is 12.1 Å². The van der Waals surface area contributed by atoms with Gasteiger partial charge in [0.15, 0.2) is 11.6 Å².